The highest BCUT2D eigenvalue weighted by atomic mass is 16.5. The number of ketones is 1. The van der Waals surface area contributed by atoms with E-state index in [9.17, 15) is 4.79 Å². The van der Waals surface area contributed by atoms with Gasteiger partial charge in [-0.05, 0) is 25.7 Å². The average Bonchev–Trinajstić information content (AvgIpc) is 3.32. The van der Waals surface area contributed by atoms with Gasteiger partial charge >= 0.3 is 0 Å². The van der Waals surface area contributed by atoms with Gasteiger partial charge in [0.25, 0.3) is 0 Å². The van der Waals surface area contributed by atoms with Crippen LogP contribution < -0.4 is 0 Å². The van der Waals surface area contributed by atoms with Crippen LogP contribution in [0.4, 0.5) is 0 Å². The molecule has 0 bridgehead atoms. The largest absolute Gasteiger partial charge is 0.360 e. The number of carbonyl (C=O) groups is 1. The van der Waals surface area contributed by atoms with Crippen LogP contribution in [0.5, 0.6) is 0 Å². The van der Waals surface area contributed by atoms with Crippen LogP contribution in [-0.4, -0.2) is 16.1 Å². The fraction of sp³-hybridized carbons (Fsp3) is 0.462. The van der Waals surface area contributed by atoms with E-state index in [0.29, 0.717) is 23.2 Å². The Hall–Kier alpha value is -1.91. The Labute approximate surface area is 103 Å². The minimum atomic E-state index is -0.221. The smallest absolute Gasteiger partial charge is 0.236 e. The molecule has 18 heavy (non-hydrogen) atoms. The number of hydrogen-bond donors (Lipinski definition) is 0. The normalized spacial score (nSPS) is 19.1. The quantitative estimate of drug-likeness (QED) is 0.773. The van der Waals surface area contributed by atoms with E-state index in [-0.39, 0.29) is 5.78 Å². The van der Waals surface area contributed by atoms with Crippen LogP contribution >= 0.6 is 0 Å². The molecular formula is C13H12N2O3. The molecule has 0 saturated heterocycles. The third-order valence-electron chi connectivity index (χ3n) is 3.48. The van der Waals surface area contributed by atoms with Crippen molar-refractivity contribution in [3.63, 3.8) is 0 Å². The molecule has 0 N–H and O–H groups in total. The molecule has 0 amide bonds. The second kappa shape index (κ2) is 3.54. The van der Waals surface area contributed by atoms with Gasteiger partial charge in [-0.1, -0.05) is 10.3 Å². The summed E-state index contributed by atoms with van der Waals surface area (Å²) in [5, 5.41) is 7.63. The van der Waals surface area contributed by atoms with Crippen molar-refractivity contribution in [2.75, 3.05) is 0 Å². The highest BCUT2D eigenvalue weighted by Crippen LogP contribution is 2.41. The topological polar surface area (TPSA) is 69.1 Å². The summed E-state index contributed by atoms with van der Waals surface area (Å²) in [6.07, 6.45) is 4.49. The number of carbonyl (C=O) groups excluding carboxylic acids is 1. The number of aromatic nitrogens is 2. The molecule has 2 aliphatic rings. The van der Waals surface area contributed by atoms with Crippen molar-refractivity contribution in [3.05, 3.63) is 35.0 Å². The molecule has 2 aliphatic carbocycles. The van der Waals surface area contributed by atoms with Crippen LogP contribution in [0.25, 0.3) is 0 Å². The molecule has 4 rings (SSSR count). The number of nitrogens with zero attached hydrogens (tertiary/aromatic N) is 2. The summed E-state index contributed by atoms with van der Waals surface area (Å²) in [7, 11) is 0. The zero-order chi connectivity index (χ0) is 12.1. The lowest BCUT2D eigenvalue weighted by molar-refractivity contribution is 0.102. The summed E-state index contributed by atoms with van der Waals surface area (Å²) >= 11 is 0. The molecule has 92 valence electrons. The molecule has 2 fully saturated rings. The van der Waals surface area contributed by atoms with Crippen molar-refractivity contribution in [1.82, 2.24) is 10.3 Å². The standard InChI is InChI=1S/C13H12N2O3/c16-13(9-5-11(17-14-9)7-1-2-7)10-6-12(18-15-10)8-3-4-8/h5-8H,1-4H2. The van der Waals surface area contributed by atoms with Crippen molar-refractivity contribution in [2.24, 2.45) is 0 Å². The number of hydrogen-bond acceptors (Lipinski definition) is 5. The van der Waals surface area contributed by atoms with Gasteiger partial charge in [-0.15, -0.1) is 0 Å². The molecule has 2 aromatic rings. The summed E-state index contributed by atoms with van der Waals surface area (Å²) in [4.78, 5) is 12.1. The Bertz CT molecular complexity index is 553. The van der Waals surface area contributed by atoms with Crippen LogP contribution in [0.2, 0.25) is 0 Å². The molecule has 5 nitrogen and oxygen atoms in total. The Morgan fingerprint density at radius 1 is 0.944 bits per heavy atom. The van der Waals surface area contributed by atoms with Crippen molar-refractivity contribution >= 4 is 5.78 Å². The second-order valence-corrected chi connectivity index (χ2v) is 5.11. The highest BCUT2D eigenvalue weighted by Gasteiger charge is 2.31. The Morgan fingerprint density at radius 2 is 1.39 bits per heavy atom. The molecule has 0 spiro atoms. The van der Waals surface area contributed by atoms with E-state index in [1.54, 1.807) is 12.1 Å². The maximum Gasteiger partial charge on any atom is 0.236 e. The predicted molar refractivity (Wildman–Crippen MR) is 60.4 cm³/mol. The Morgan fingerprint density at radius 3 is 1.78 bits per heavy atom. The molecule has 2 heterocycles. The van der Waals surface area contributed by atoms with Crippen LogP contribution in [0, 0.1) is 0 Å². The molecule has 0 aromatic carbocycles. The third kappa shape index (κ3) is 1.66. The van der Waals surface area contributed by atoms with Gasteiger partial charge in [-0.25, -0.2) is 0 Å². The third-order valence-corrected chi connectivity index (χ3v) is 3.48. The minimum Gasteiger partial charge on any atom is -0.360 e. The van der Waals surface area contributed by atoms with Crippen LogP contribution in [0.3, 0.4) is 0 Å². The first-order chi connectivity index (χ1) is 8.81. The summed E-state index contributed by atoms with van der Waals surface area (Å²) in [6.45, 7) is 0. The zero-order valence-electron chi connectivity index (χ0n) is 9.76. The maximum absolute atomic E-state index is 12.1. The summed E-state index contributed by atoms with van der Waals surface area (Å²) in [5.41, 5.74) is 0.653. The van der Waals surface area contributed by atoms with Gasteiger partial charge in [0, 0.05) is 24.0 Å². The van der Waals surface area contributed by atoms with Gasteiger partial charge < -0.3 is 9.05 Å². The Kier molecular flexibility index (Phi) is 1.98. The van der Waals surface area contributed by atoms with Gasteiger partial charge in [-0.3, -0.25) is 4.79 Å². The van der Waals surface area contributed by atoms with Crippen LogP contribution in [0.1, 0.15) is 65.2 Å². The van der Waals surface area contributed by atoms with E-state index in [1.807, 2.05) is 0 Å². The molecule has 5 heteroatoms. The lowest BCUT2D eigenvalue weighted by Gasteiger charge is -1.86. The highest BCUT2D eigenvalue weighted by molar-refractivity contribution is 6.06. The van der Waals surface area contributed by atoms with E-state index in [2.05, 4.69) is 10.3 Å². The maximum atomic E-state index is 12.1. The fourth-order valence-corrected chi connectivity index (χ4v) is 2.04. The van der Waals surface area contributed by atoms with E-state index in [0.717, 1.165) is 37.2 Å². The number of rotatable bonds is 4. The lowest BCUT2D eigenvalue weighted by Crippen LogP contribution is -2.01. The van der Waals surface area contributed by atoms with E-state index < -0.39 is 0 Å². The molecule has 0 atom stereocenters. The Balaban J connectivity index is 1.59. The van der Waals surface area contributed by atoms with Crippen molar-refractivity contribution < 1.29 is 13.8 Å². The van der Waals surface area contributed by atoms with Crippen LogP contribution in [0.15, 0.2) is 21.2 Å². The first kappa shape index (κ1) is 10.1. The molecule has 0 unspecified atom stereocenters. The molecule has 0 aliphatic heterocycles. The van der Waals surface area contributed by atoms with Gasteiger partial charge in [0.2, 0.25) is 5.78 Å². The van der Waals surface area contributed by atoms with E-state index >= 15 is 0 Å². The zero-order valence-corrected chi connectivity index (χ0v) is 9.76. The monoisotopic (exact) mass is 244 g/mol. The van der Waals surface area contributed by atoms with Gasteiger partial charge in [0.05, 0.1) is 0 Å². The molecule has 0 radical (unpaired) electrons. The first-order valence-electron chi connectivity index (χ1n) is 6.29. The molecule has 2 aromatic heterocycles. The van der Waals surface area contributed by atoms with E-state index in [4.69, 9.17) is 9.05 Å². The second-order valence-electron chi connectivity index (χ2n) is 5.11. The van der Waals surface area contributed by atoms with Crippen molar-refractivity contribution in [1.29, 1.82) is 0 Å². The lowest BCUT2D eigenvalue weighted by atomic mass is 10.1. The van der Waals surface area contributed by atoms with Crippen molar-refractivity contribution in [2.45, 2.75) is 37.5 Å². The SMILES string of the molecule is O=C(c1cc(C2CC2)on1)c1cc(C2CC2)on1. The van der Waals surface area contributed by atoms with Crippen LogP contribution in [-0.2, 0) is 0 Å². The van der Waals surface area contributed by atoms with Gasteiger partial charge in [0.1, 0.15) is 11.5 Å². The van der Waals surface area contributed by atoms with E-state index in [1.165, 1.54) is 0 Å². The minimum absolute atomic E-state index is 0.221. The average molecular weight is 244 g/mol. The molecule has 2 saturated carbocycles. The fourth-order valence-electron chi connectivity index (χ4n) is 2.04. The van der Waals surface area contributed by atoms with Gasteiger partial charge in [-0.2, -0.15) is 0 Å². The predicted octanol–water partition coefficient (Wildman–Crippen LogP) is 2.65. The summed E-state index contributed by atoms with van der Waals surface area (Å²) in [5.74, 6) is 2.31. The van der Waals surface area contributed by atoms with Gasteiger partial charge in [0.15, 0.2) is 11.4 Å². The van der Waals surface area contributed by atoms with Crippen molar-refractivity contribution in [3.8, 4) is 0 Å². The first-order valence-corrected chi connectivity index (χ1v) is 6.29. The molecular weight excluding hydrogens is 232 g/mol. The summed E-state index contributed by atoms with van der Waals surface area (Å²) < 4.78 is 10.3. The summed E-state index contributed by atoms with van der Waals surface area (Å²) in [6, 6.07) is 3.46.